The first kappa shape index (κ1) is 34.3. The lowest BCUT2D eigenvalue weighted by Crippen LogP contribution is -2.21. The molecule has 3 heteroatoms. The van der Waals surface area contributed by atoms with Gasteiger partial charge in [-0.1, -0.05) is 149 Å². The molecule has 0 amide bonds. The SMILES string of the molecule is C=C1/C=C\C=C/N(c2cc3ccccc3c3ccccc23)/C=C\C(C2=C(C(N)/C=C\C=C/C)C3=C(C2)C(=C)/C=C\C=C/S3)=C/C1=C.CC. The van der Waals surface area contributed by atoms with E-state index in [1.807, 2.05) is 63.3 Å². The zero-order valence-electron chi connectivity index (χ0n) is 28.2. The highest BCUT2D eigenvalue weighted by Gasteiger charge is 2.30. The van der Waals surface area contributed by atoms with E-state index in [0.29, 0.717) is 0 Å². The molecular weight excluding hydrogens is 601 g/mol. The Morgan fingerprint density at radius 3 is 2.27 bits per heavy atom. The van der Waals surface area contributed by atoms with E-state index in [9.17, 15) is 0 Å². The van der Waals surface area contributed by atoms with Crippen molar-refractivity contribution in [2.24, 2.45) is 5.73 Å². The third-order valence-corrected chi connectivity index (χ3v) is 9.39. The van der Waals surface area contributed by atoms with Crippen LogP contribution in [0.15, 0.2) is 209 Å². The second-order valence-electron chi connectivity index (χ2n) is 11.4. The van der Waals surface area contributed by atoms with Crippen LogP contribution in [-0.4, -0.2) is 6.04 Å². The monoisotopic (exact) mass is 644 g/mol. The normalized spacial score (nSPS) is 22.0. The van der Waals surface area contributed by atoms with Gasteiger partial charge in [0.05, 0.1) is 5.69 Å². The molecule has 1 unspecified atom stereocenters. The van der Waals surface area contributed by atoms with Crippen LogP contribution in [0.3, 0.4) is 0 Å². The van der Waals surface area contributed by atoms with Gasteiger partial charge in [-0.2, -0.15) is 0 Å². The number of anilines is 1. The topological polar surface area (TPSA) is 29.3 Å². The molecule has 3 aliphatic rings. The van der Waals surface area contributed by atoms with Gasteiger partial charge in [0.15, 0.2) is 0 Å². The minimum Gasteiger partial charge on any atom is -0.323 e. The van der Waals surface area contributed by atoms with Gasteiger partial charge in [0.2, 0.25) is 0 Å². The molecule has 240 valence electrons. The molecule has 0 saturated carbocycles. The summed E-state index contributed by atoms with van der Waals surface area (Å²) in [4.78, 5) is 3.37. The molecule has 3 aromatic carbocycles. The molecule has 2 N–H and O–H groups in total. The van der Waals surface area contributed by atoms with Crippen LogP contribution in [0.4, 0.5) is 5.69 Å². The van der Waals surface area contributed by atoms with Crippen LogP contribution in [0, 0.1) is 0 Å². The van der Waals surface area contributed by atoms with Gasteiger partial charge in [-0.25, -0.2) is 0 Å². The Morgan fingerprint density at radius 2 is 1.48 bits per heavy atom. The van der Waals surface area contributed by atoms with E-state index in [2.05, 4.69) is 127 Å². The number of hydrogen-bond acceptors (Lipinski definition) is 3. The summed E-state index contributed by atoms with van der Waals surface area (Å²) < 4.78 is 0. The zero-order chi connectivity index (χ0) is 34.0. The van der Waals surface area contributed by atoms with E-state index in [0.717, 1.165) is 40.0 Å². The Kier molecular flexibility index (Phi) is 11.5. The molecule has 48 heavy (non-hydrogen) atoms. The predicted octanol–water partition coefficient (Wildman–Crippen LogP) is 12.2. The summed E-state index contributed by atoms with van der Waals surface area (Å²) in [6.45, 7) is 19.2. The molecule has 0 spiro atoms. The maximum absolute atomic E-state index is 6.98. The van der Waals surface area contributed by atoms with Gasteiger partial charge in [-0.3, -0.25) is 0 Å². The molecule has 2 nitrogen and oxygen atoms in total. The number of nitrogens with zero attached hydrogens (tertiary/aromatic N) is 1. The van der Waals surface area contributed by atoms with Crippen molar-refractivity contribution in [1.82, 2.24) is 0 Å². The molecule has 1 aliphatic carbocycles. The lowest BCUT2D eigenvalue weighted by molar-refractivity contribution is 0.963. The van der Waals surface area contributed by atoms with Crippen molar-refractivity contribution in [2.45, 2.75) is 33.2 Å². The Hall–Kier alpha value is -5.09. The minimum absolute atomic E-state index is 0.305. The van der Waals surface area contributed by atoms with Gasteiger partial charge >= 0.3 is 0 Å². The van der Waals surface area contributed by atoms with Crippen molar-refractivity contribution in [3.63, 3.8) is 0 Å². The third-order valence-electron chi connectivity index (χ3n) is 8.40. The first-order chi connectivity index (χ1) is 23.5. The first-order valence-corrected chi connectivity index (χ1v) is 17.4. The Bertz CT molecular complexity index is 2070. The molecule has 0 aromatic heterocycles. The molecule has 2 heterocycles. The van der Waals surface area contributed by atoms with Gasteiger partial charge < -0.3 is 10.6 Å². The summed E-state index contributed by atoms with van der Waals surface area (Å²) >= 11 is 1.71. The second-order valence-corrected chi connectivity index (χ2v) is 12.3. The van der Waals surface area contributed by atoms with Crippen LogP contribution < -0.4 is 10.6 Å². The van der Waals surface area contributed by atoms with Crippen molar-refractivity contribution in [1.29, 1.82) is 0 Å². The summed E-state index contributed by atoms with van der Waals surface area (Å²) in [5.74, 6) is 0. The largest absolute Gasteiger partial charge is 0.323 e. The molecular formula is C45H44N2S. The van der Waals surface area contributed by atoms with E-state index in [-0.39, 0.29) is 6.04 Å². The minimum atomic E-state index is -0.305. The number of nitrogens with two attached hydrogens (primary N) is 1. The van der Waals surface area contributed by atoms with Crippen molar-refractivity contribution in [3.05, 3.63) is 209 Å². The quantitative estimate of drug-likeness (QED) is 0.221. The lowest BCUT2D eigenvalue weighted by atomic mass is 9.93. The predicted molar refractivity (Wildman–Crippen MR) is 215 cm³/mol. The Labute approximate surface area is 290 Å². The van der Waals surface area contributed by atoms with E-state index >= 15 is 0 Å². The molecule has 0 fully saturated rings. The van der Waals surface area contributed by atoms with Gasteiger partial charge in [-0.15, -0.1) is 0 Å². The molecule has 1 atom stereocenters. The zero-order valence-corrected chi connectivity index (χ0v) is 29.0. The summed E-state index contributed by atoms with van der Waals surface area (Å²) in [5.41, 5.74) is 15.3. The molecule has 3 aromatic rings. The fourth-order valence-electron chi connectivity index (χ4n) is 6.03. The standard InChI is InChI=1S/C43H38N2S.C2H6/c1-5-6-7-22-40(44)42-39(29-38-31(3)17-13-15-26-46-43(38)42)34-23-25-45(24-14-12-16-30(2)32(4)27-34)41-28-33-18-8-9-19-35(33)36-20-10-11-21-37(36)41;1-2/h5-28,40H,2-4,29,44H2,1H3;1-2H3/b6-5-,16-12-,17-13-,22-7-,24-14-,25-23-,26-15-,34-27+;. The van der Waals surface area contributed by atoms with Crippen LogP contribution in [0.1, 0.15) is 27.2 Å². The van der Waals surface area contributed by atoms with Gasteiger partial charge in [0, 0.05) is 35.2 Å². The highest BCUT2D eigenvalue weighted by molar-refractivity contribution is 8.06. The van der Waals surface area contributed by atoms with E-state index in [1.54, 1.807) is 11.8 Å². The number of thioether (sulfide) groups is 1. The van der Waals surface area contributed by atoms with E-state index in [1.165, 1.54) is 37.6 Å². The molecule has 2 aliphatic heterocycles. The first-order valence-electron chi connectivity index (χ1n) is 16.5. The number of hydrogen-bond donors (Lipinski definition) is 1. The summed E-state index contributed by atoms with van der Waals surface area (Å²) in [6.07, 6.45) is 29.7. The van der Waals surface area contributed by atoms with E-state index < -0.39 is 0 Å². The third kappa shape index (κ3) is 7.39. The summed E-state index contributed by atoms with van der Waals surface area (Å²) in [6, 6.07) is 19.1. The lowest BCUT2D eigenvalue weighted by Gasteiger charge is -2.21. The average Bonchev–Trinajstić information content (AvgIpc) is 3.47. The molecule has 6 rings (SSSR count). The van der Waals surface area contributed by atoms with Gasteiger partial charge in [0.1, 0.15) is 0 Å². The Morgan fingerprint density at radius 1 is 0.771 bits per heavy atom. The van der Waals surface area contributed by atoms with Crippen molar-refractivity contribution < 1.29 is 0 Å². The second kappa shape index (κ2) is 16.1. The van der Waals surface area contributed by atoms with Crippen LogP contribution >= 0.6 is 11.8 Å². The van der Waals surface area contributed by atoms with Gasteiger partial charge in [0.25, 0.3) is 0 Å². The van der Waals surface area contributed by atoms with E-state index in [4.69, 9.17) is 5.73 Å². The summed E-state index contributed by atoms with van der Waals surface area (Å²) in [5, 5.41) is 6.96. The average molecular weight is 645 g/mol. The maximum atomic E-state index is 6.98. The Balaban J connectivity index is 0.00000221. The number of allylic oxidation sites excluding steroid dienone is 17. The fraction of sp³-hybridized carbons (Fsp3) is 0.111. The van der Waals surface area contributed by atoms with Crippen LogP contribution in [0.25, 0.3) is 21.5 Å². The smallest absolute Gasteiger partial charge is 0.0534 e. The number of fused-ring (bicyclic) bond motifs is 3. The number of rotatable bonds is 5. The van der Waals surface area contributed by atoms with Gasteiger partial charge in [-0.05, 0) is 91.8 Å². The fourth-order valence-corrected chi connectivity index (χ4v) is 7.07. The van der Waals surface area contributed by atoms with Crippen molar-refractivity contribution in [3.8, 4) is 0 Å². The molecule has 0 saturated heterocycles. The highest BCUT2D eigenvalue weighted by Crippen LogP contribution is 2.47. The summed E-state index contributed by atoms with van der Waals surface area (Å²) in [7, 11) is 0. The molecule has 0 radical (unpaired) electrons. The van der Waals surface area contributed by atoms with Crippen LogP contribution in [0.5, 0.6) is 0 Å². The van der Waals surface area contributed by atoms with Crippen LogP contribution in [-0.2, 0) is 0 Å². The highest BCUT2D eigenvalue weighted by atomic mass is 32.2. The number of benzene rings is 3. The maximum Gasteiger partial charge on any atom is 0.0534 e. The van der Waals surface area contributed by atoms with Crippen molar-refractivity contribution >= 4 is 39.0 Å². The van der Waals surface area contributed by atoms with Crippen LogP contribution in [0.2, 0.25) is 0 Å². The van der Waals surface area contributed by atoms with Crippen molar-refractivity contribution in [2.75, 3.05) is 4.90 Å². The molecule has 0 bridgehead atoms.